The van der Waals surface area contributed by atoms with Crippen LogP contribution in [0.5, 0.6) is 5.75 Å². The molecule has 28 heavy (non-hydrogen) atoms. The molecule has 4 heteroatoms. The van der Waals surface area contributed by atoms with Gasteiger partial charge in [0.1, 0.15) is 11.6 Å². The zero-order valence-electron chi connectivity index (χ0n) is 16.8. The predicted octanol–water partition coefficient (Wildman–Crippen LogP) is 5.54. The number of phenols is 1. The van der Waals surface area contributed by atoms with Crippen LogP contribution >= 0.6 is 0 Å². The minimum Gasteiger partial charge on any atom is -0.508 e. The third kappa shape index (κ3) is 3.86. The van der Waals surface area contributed by atoms with Crippen molar-refractivity contribution in [2.24, 2.45) is 0 Å². The summed E-state index contributed by atoms with van der Waals surface area (Å²) < 4.78 is 2.24. The number of benzene rings is 2. The molecule has 4 nitrogen and oxygen atoms in total. The molecule has 2 aromatic carbocycles. The number of rotatable bonds is 7. The third-order valence-corrected chi connectivity index (χ3v) is 4.93. The summed E-state index contributed by atoms with van der Waals surface area (Å²) in [5.74, 6) is 1.24. The molecule has 1 N–H and O–H groups in total. The van der Waals surface area contributed by atoms with Crippen LogP contribution in [0.2, 0.25) is 0 Å². The standard InChI is InChI=1S/C24H27N3O/c1-6-9-19(26(5)20-10-8-11-21(28)15-20)16-24-25-22-14-18(17(3)4)12-13-23(22)27(24)7-2/h6,8-15,28H,1,3,7,16H2,2,4-5H3/b19-9-. The maximum Gasteiger partial charge on any atom is 0.117 e. The number of aromatic hydroxyl groups is 1. The molecule has 3 rings (SSSR count). The van der Waals surface area contributed by atoms with Crippen LogP contribution in [-0.2, 0) is 13.0 Å². The summed E-state index contributed by atoms with van der Waals surface area (Å²) in [7, 11) is 1.99. The van der Waals surface area contributed by atoms with Crippen molar-refractivity contribution >= 4 is 22.3 Å². The van der Waals surface area contributed by atoms with Crippen molar-refractivity contribution in [1.29, 1.82) is 0 Å². The van der Waals surface area contributed by atoms with E-state index < -0.39 is 0 Å². The van der Waals surface area contributed by atoms with Gasteiger partial charge in [-0.15, -0.1) is 0 Å². The van der Waals surface area contributed by atoms with E-state index in [1.807, 2.05) is 32.2 Å². The first-order chi connectivity index (χ1) is 13.4. The van der Waals surface area contributed by atoms with E-state index in [0.717, 1.165) is 45.9 Å². The molecular weight excluding hydrogens is 346 g/mol. The van der Waals surface area contributed by atoms with Gasteiger partial charge >= 0.3 is 0 Å². The average Bonchev–Trinajstić information content (AvgIpc) is 3.03. The number of allylic oxidation sites excluding steroid dienone is 4. The zero-order chi connectivity index (χ0) is 20.3. The summed E-state index contributed by atoms with van der Waals surface area (Å²) in [4.78, 5) is 6.97. The SMILES string of the molecule is C=C/C=C(/Cc1nc2cc(C(=C)C)ccc2n1CC)N(C)c1cccc(O)c1. The second-order valence-electron chi connectivity index (χ2n) is 6.91. The molecule has 0 saturated heterocycles. The van der Waals surface area contributed by atoms with Gasteiger partial charge in [-0.2, -0.15) is 0 Å². The number of imidazole rings is 1. The maximum atomic E-state index is 9.82. The summed E-state index contributed by atoms with van der Waals surface area (Å²) in [6.07, 6.45) is 4.43. The van der Waals surface area contributed by atoms with Gasteiger partial charge in [-0.05, 0) is 49.8 Å². The van der Waals surface area contributed by atoms with Crippen LogP contribution in [-0.4, -0.2) is 21.7 Å². The molecular formula is C24H27N3O. The van der Waals surface area contributed by atoms with Crippen LogP contribution in [0.1, 0.15) is 25.2 Å². The first-order valence-electron chi connectivity index (χ1n) is 9.44. The van der Waals surface area contributed by atoms with E-state index in [0.29, 0.717) is 6.42 Å². The molecule has 0 bridgehead atoms. The van der Waals surface area contributed by atoms with Crippen LogP contribution < -0.4 is 4.90 Å². The molecule has 1 aromatic heterocycles. The van der Waals surface area contributed by atoms with Crippen molar-refractivity contribution in [2.45, 2.75) is 26.8 Å². The van der Waals surface area contributed by atoms with Gasteiger partial charge in [-0.1, -0.05) is 36.9 Å². The second-order valence-corrected chi connectivity index (χ2v) is 6.91. The highest BCUT2D eigenvalue weighted by Crippen LogP contribution is 2.26. The largest absolute Gasteiger partial charge is 0.508 e. The van der Waals surface area contributed by atoms with Gasteiger partial charge in [0.25, 0.3) is 0 Å². The summed E-state index contributed by atoms with van der Waals surface area (Å²) in [6, 6.07) is 13.6. The number of phenolic OH excluding ortho intramolecular Hbond substituents is 1. The lowest BCUT2D eigenvalue weighted by Crippen LogP contribution is -2.19. The number of nitrogens with zero attached hydrogens (tertiary/aromatic N) is 3. The van der Waals surface area contributed by atoms with Gasteiger partial charge < -0.3 is 14.6 Å². The number of likely N-dealkylation sites (N-methyl/N-ethyl adjacent to an activating group) is 1. The van der Waals surface area contributed by atoms with E-state index in [2.05, 4.69) is 47.7 Å². The van der Waals surface area contributed by atoms with E-state index in [1.165, 1.54) is 0 Å². The van der Waals surface area contributed by atoms with Crippen molar-refractivity contribution in [3.05, 3.63) is 84.9 Å². The predicted molar refractivity (Wildman–Crippen MR) is 119 cm³/mol. The van der Waals surface area contributed by atoms with E-state index in [4.69, 9.17) is 4.98 Å². The third-order valence-electron chi connectivity index (χ3n) is 4.93. The van der Waals surface area contributed by atoms with Crippen molar-refractivity contribution in [2.75, 3.05) is 11.9 Å². The number of aromatic nitrogens is 2. The van der Waals surface area contributed by atoms with E-state index in [1.54, 1.807) is 18.2 Å². The molecule has 0 saturated carbocycles. The fourth-order valence-electron chi connectivity index (χ4n) is 3.39. The summed E-state index contributed by atoms with van der Waals surface area (Å²) in [5, 5.41) is 9.82. The van der Waals surface area contributed by atoms with E-state index in [9.17, 15) is 5.11 Å². The van der Waals surface area contributed by atoms with Crippen LogP contribution in [0.15, 0.2) is 73.5 Å². The highest BCUT2D eigenvalue weighted by atomic mass is 16.3. The fourth-order valence-corrected chi connectivity index (χ4v) is 3.39. The lowest BCUT2D eigenvalue weighted by atomic mass is 10.1. The van der Waals surface area contributed by atoms with Gasteiger partial charge in [0.15, 0.2) is 0 Å². The smallest absolute Gasteiger partial charge is 0.117 e. The zero-order valence-corrected chi connectivity index (χ0v) is 16.8. The van der Waals surface area contributed by atoms with Crippen molar-refractivity contribution in [3.63, 3.8) is 0 Å². The van der Waals surface area contributed by atoms with E-state index in [-0.39, 0.29) is 5.75 Å². The normalized spacial score (nSPS) is 11.6. The molecule has 0 aliphatic carbocycles. The van der Waals surface area contributed by atoms with Crippen molar-refractivity contribution < 1.29 is 5.11 Å². The minimum absolute atomic E-state index is 0.246. The van der Waals surface area contributed by atoms with Crippen molar-refractivity contribution in [1.82, 2.24) is 9.55 Å². The van der Waals surface area contributed by atoms with Gasteiger partial charge in [0.05, 0.1) is 11.0 Å². The van der Waals surface area contributed by atoms with Gasteiger partial charge in [-0.3, -0.25) is 0 Å². The van der Waals surface area contributed by atoms with Crippen LogP contribution in [0.25, 0.3) is 16.6 Å². The van der Waals surface area contributed by atoms with Gasteiger partial charge in [0, 0.05) is 37.5 Å². The Hall–Kier alpha value is -3.27. The Balaban J connectivity index is 2.01. The van der Waals surface area contributed by atoms with E-state index >= 15 is 0 Å². The lowest BCUT2D eigenvalue weighted by Gasteiger charge is -2.23. The number of aryl methyl sites for hydroxylation is 1. The highest BCUT2D eigenvalue weighted by molar-refractivity contribution is 5.81. The molecule has 0 fully saturated rings. The summed E-state index contributed by atoms with van der Waals surface area (Å²) >= 11 is 0. The van der Waals surface area contributed by atoms with Crippen LogP contribution in [0.3, 0.4) is 0 Å². The number of fused-ring (bicyclic) bond motifs is 1. The molecule has 144 valence electrons. The first-order valence-corrected chi connectivity index (χ1v) is 9.44. The Kier molecular flexibility index (Phi) is 5.69. The van der Waals surface area contributed by atoms with Crippen molar-refractivity contribution in [3.8, 4) is 5.75 Å². The highest BCUT2D eigenvalue weighted by Gasteiger charge is 2.15. The summed E-state index contributed by atoms with van der Waals surface area (Å²) in [5.41, 5.74) is 6.21. The van der Waals surface area contributed by atoms with Crippen LogP contribution in [0.4, 0.5) is 5.69 Å². The molecule has 0 amide bonds. The molecule has 1 heterocycles. The average molecular weight is 374 g/mol. The van der Waals surface area contributed by atoms with Gasteiger partial charge in [0.2, 0.25) is 0 Å². The monoisotopic (exact) mass is 373 g/mol. The quantitative estimate of drug-likeness (QED) is 0.553. The number of hydrogen-bond donors (Lipinski definition) is 1. The summed E-state index contributed by atoms with van der Waals surface area (Å²) in [6.45, 7) is 12.9. The maximum absolute atomic E-state index is 9.82. The molecule has 0 radical (unpaired) electrons. The number of anilines is 1. The Morgan fingerprint density at radius 2 is 2.04 bits per heavy atom. The lowest BCUT2D eigenvalue weighted by molar-refractivity contribution is 0.475. The molecule has 0 aliphatic rings. The number of hydrogen-bond acceptors (Lipinski definition) is 3. The van der Waals surface area contributed by atoms with Crippen LogP contribution in [0, 0.1) is 0 Å². The minimum atomic E-state index is 0.246. The first kappa shape index (κ1) is 19.5. The Labute approximate surface area is 166 Å². The molecule has 0 aliphatic heterocycles. The molecule has 0 unspecified atom stereocenters. The molecule has 0 atom stereocenters. The second kappa shape index (κ2) is 8.17. The Bertz CT molecular complexity index is 1060. The Morgan fingerprint density at radius 1 is 1.25 bits per heavy atom. The molecule has 0 spiro atoms. The Morgan fingerprint density at radius 3 is 2.68 bits per heavy atom. The fraction of sp³-hybridized carbons (Fsp3) is 0.208. The van der Waals surface area contributed by atoms with Gasteiger partial charge in [-0.25, -0.2) is 4.98 Å². The molecule has 3 aromatic rings. The topological polar surface area (TPSA) is 41.3 Å².